The maximum Gasteiger partial charge on any atom is 0.416 e. The largest absolute Gasteiger partial charge is 0.416 e. The topological polar surface area (TPSA) is 54.2 Å². The Morgan fingerprint density at radius 2 is 2.16 bits per heavy atom. The Kier molecular flexibility index (Phi) is 3.84. The van der Waals surface area contributed by atoms with Crippen LogP contribution >= 0.6 is 0 Å². The van der Waals surface area contributed by atoms with E-state index in [0.717, 1.165) is 38.1 Å². The molecule has 1 atom stereocenters. The van der Waals surface area contributed by atoms with Crippen LogP contribution in [0.2, 0.25) is 0 Å². The smallest absolute Gasteiger partial charge is 0.384 e. The number of hydrogen-bond donors (Lipinski definition) is 2. The van der Waals surface area contributed by atoms with Crippen molar-refractivity contribution < 1.29 is 13.2 Å². The maximum atomic E-state index is 12.7. The van der Waals surface area contributed by atoms with Gasteiger partial charge in [-0.15, -0.1) is 0 Å². The Labute approximate surface area is 109 Å². The van der Waals surface area contributed by atoms with E-state index in [9.17, 15) is 13.2 Å². The number of pyridine rings is 1. The van der Waals surface area contributed by atoms with Gasteiger partial charge in [-0.25, -0.2) is 4.98 Å². The second-order valence-corrected chi connectivity index (χ2v) is 4.91. The molecule has 19 heavy (non-hydrogen) atoms. The van der Waals surface area contributed by atoms with Crippen LogP contribution < -0.4 is 11.1 Å². The molecule has 1 unspecified atom stereocenters. The van der Waals surface area contributed by atoms with E-state index in [1.807, 2.05) is 7.05 Å². The zero-order valence-electron chi connectivity index (χ0n) is 10.7. The normalized spacial score (nSPS) is 21.4. The lowest BCUT2D eigenvalue weighted by Crippen LogP contribution is -2.40. The molecule has 0 aromatic carbocycles. The molecule has 0 aliphatic carbocycles. The van der Waals surface area contributed by atoms with Crippen LogP contribution in [0, 0.1) is 0 Å². The zero-order chi connectivity index (χ0) is 14.0. The van der Waals surface area contributed by atoms with Crippen molar-refractivity contribution in [3.63, 3.8) is 0 Å². The molecule has 1 aromatic heterocycles. The van der Waals surface area contributed by atoms with Gasteiger partial charge in [0.15, 0.2) is 0 Å². The quantitative estimate of drug-likeness (QED) is 0.868. The third-order valence-corrected chi connectivity index (χ3v) is 3.15. The number of hydrogen-bond acceptors (Lipinski definition) is 4. The third kappa shape index (κ3) is 3.73. The average Bonchev–Trinajstić information content (AvgIpc) is 2.26. The van der Waals surface area contributed by atoms with Crippen molar-refractivity contribution in [3.05, 3.63) is 17.7 Å². The summed E-state index contributed by atoms with van der Waals surface area (Å²) in [6.45, 7) is 1.80. The number of rotatable bonds is 2. The summed E-state index contributed by atoms with van der Waals surface area (Å²) in [7, 11) is 1.99. The molecule has 0 amide bonds. The van der Waals surface area contributed by atoms with E-state index in [2.05, 4.69) is 15.2 Å². The molecule has 4 nitrogen and oxygen atoms in total. The molecule has 2 heterocycles. The number of alkyl halides is 3. The average molecular weight is 274 g/mol. The molecule has 106 valence electrons. The SMILES string of the molecule is CN1CCCC(Nc2cc(C(F)(F)F)cc(N)n2)C1. The second kappa shape index (κ2) is 5.24. The van der Waals surface area contributed by atoms with E-state index in [1.54, 1.807) is 0 Å². The van der Waals surface area contributed by atoms with Gasteiger partial charge in [0.05, 0.1) is 5.56 Å². The third-order valence-electron chi connectivity index (χ3n) is 3.15. The molecule has 1 aliphatic heterocycles. The predicted molar refractivity (Wildman–Crippen MR) is 67.8 cm³/mol. The summed E-state index contributed by atoms with van der Waals surface area (Å²) in [6.07, 6.45) is -2.47. The van der Waals surface area contributed by atoms with Gasteiger partial charge >= 0.3 is 6.18 Å². The van der Waals surface area contributed by atoms with E-state index >= 15 is 0 Å². The molecule has 1 saturated heterocycles. The minimum absolute atomic E-state index is 0.106. The van der Waals surface area contributed by atoms with Gasteiger partial charge in [-0.1, -0.05) is 0 Å². The van der Waals surface area contributed by atoms with Crippen molar-refractivity contribution >= 4 is 11.6 Å². The summed E-state index contributed by atoms with van der Waals surface area (Å²) in [6, 6.07) is 1.96. The summed E-state index contributed by atoms with van der Waals surface area (Å²) < 4.78 is 38.0. The lowest BCUT2D eigenvalue weighted by molar-refractivity contribution is -0.137. The molecule has 1 aliphatic rings. The predicted octanol–water partition coefficient (Wildman–Crippen LogP) is 2.19. The van der Waals surface area contributed by atoms with Gasteiger partial charge in [0, 0.05) is 12.6 Å². The van der Waals surface area contributed by atoms with Crippen molar-refractivity contribution in [1.82, 2.24) is 9.88 Å². The van der Waals surface area contributed by atoms with Crippen molar-refractivity contribution in [2.24, 2.45) is 0 Å². The van der Waals surface area contributed by atoms with Crippen molar-refractivity contribution in [3.8, 4) is 0 Å². The number of halogens is 3. The van der Waals surface area contributed by atoms with E-state index in [0.29, 0.717) is 0 Å². The van der Waals surface area contributed by atoms with E-state index in [1.165, 1.54) is 0 Å². The number of nitrogens with two attached hydrogens (primary N) is 1. The van der Waals surface area contributed by atoms with E-state index in [4.69, 9.17) is 5.73 Å². The van der Waals surface area contributed by atoms with Crippen LogP contribution in [0.5, 0.6) is 0 Å². The lowest BCUT2D eigenvalue weighted by atomic mass is 10.1. The standard InChI is InChI=1S/C12H17F3N4/c1-19-4-2-3-9(7-19)17-11-6-8(12(13,14)15)5-10(16)18-11/h5-6,9H,2-4,7H2,1H3,(H3,16,17,18). The highest BCUT2D eigenvalue weighted by Gasteiger charge is 2.31. The lowest BCUT2D eigenvalue weighted by Gasteiger charge is -2.30. The molecule has 1 fully saturated rings. The molecular formula is C12H17F3N4. The summed E-state index contributed by atoms with van der Waals surface area (Å²) in [4.78, 5) is 6.05. The summed E-state index contributed by atoms with van der Waals surface area (Å²) in [5, 5.41) is 3.03. The number of nitrogens with zero attached hydrogens (tertiary/aromatic N) is 2. The number of likely N-dealkylation sites (tertiary alicyclic amines) is 1. The highest BCUT2D eigenvalue weighted by atomic mass is 19.4. The van der Waals surface area contributed by atoms with Crippen LogP contribution in [-0.2, 0) is 6.18 Å². The van der Waals surface area contributed by atoms with Crippen LogP contribution in [0.15, 0.2) is 12.1 Å². The fraction of sp³-hybridized carbons (Fsp3) is 0.583. The number of nitrogen functional groups attached to an aromatic ring is 1. The molecule has 1 aromatic rings. The molecule has 0 bridgehead atoms. The van der Waals surface area contributed by atoms with Gasteiger partial charge in [-0.05, 0) is 38.6 Å². The van der Waals surface area contributed by atoms with Crippen LogP contribution in [0.4, 0.5) is 24.8 Å². The first-order valence-electron chi connectivity index (χ1n) is 6.14. The molecule has 7 heteroatoms. The number of piperidine rings is 1. The fourth-order valence-electron chi connectivity index (χ4n) is 2.28. The zero-order valence-corrected chi connectivity index (χ0v) is 10.7. The van der Waals surface area contributed by atoms with Gasteiger partial charge in [0.2, 0.25) is 0 Å². The number of aromatic nitrogens is 1. The van der Waals surface area contributed by atoms with Gasteiger partial charge in [0.25, 0.3) is 0 Å². The highest BCUT2D eigenvalue weighted by molar-refractivity contribution is 5.48. The number of nitrogens with one attached hydrogen (secondary N) is 1. The van der Waals surface area contributed by atoms with Crippen LogP contribution in [-0.4, -0.2) is 36.1 Å². The molecular weight excluding hydrogens is 257 g/mol. The number of likely N-dealkylation sites (N-methyl/N-ethyl adjacent to an activating group) is 1. The first-order chi connectivity index (χ1) is 8.84. The number of anilines is 2. The van der Waals surface area contributed by atoms with Crippen LogP contribution in [0.1, 0.15) is 18.4 Å². The van der Waals surface area contributed by atoms with Crippen molar-refractivity contribution in [2.45, 2.75) is 25.1 Å². The molecule has 3 N–H and O–H groups in total. The van der Waals surface area contributed by atoms with Crippen LogP contribution in [0.25, 0.3) is 0 Å². The van der Waals surface area contributed by atoms with Crippen molar-refractivity contribution in [1.29, 1.82) is 0 Å². The fourth-order valence-corrected chi connectivity index (χ4v) is 2.28. The summed E-state index contributed by atoms with van der Waals surface area (Å²) in [5.74, 6) is 0.0640. The Bertz CT molecular complexity index is 447. The Morgan fingerprint density at radius 3 is 2.79 bits per heavy atom. The summed E-state index contributed by atoms with van der Waals surface area (Å²) in [5.41, 5.74) is 4.66. The van der Waals surface area contributed by atoms with Gasteiger partial charge in [-0.3, -0.25) is 0 Å². The summed E-state index contributed by atoms with van der Waals surface area (Å²) >= 11 is 0. The minimum atomic E-state index is -4.41. The molecule has 0 saturated carbocycles. The van der Waals surface area contributed by atoms with E-state index in [-0.39, 0.29) is 17.7 Å². The second-order valence-electron chi connectivity index (χ2n) is 4.91. The Hall–Kier alpha value is -1.50. The van der Waals surface area contributed by atoms with Gasteiger partial charge in [-0.2, -0.15) is 13.2 Å². The van der Waals surface area contributed by atoms with E-state index < -0.39 is 11.7 Å². The maximum absolute atomic E-state index is 12.7. The highest BCUT2D eigenvalue weighted by Crippen LogP contribution is 2.31. The monoisotopic (exact) mass is 274 g/mol. The minimum Gasteiger partial charge on any atom is -0.384 e. The van der Waals surface area contributed by atoms with Crippen molar-refractivity contribution in [2.75, 3.05) is 31.2 Å². The van der Waals surface area contributed by atoms with Crippen LogP contribution in [0.3, 0.4) is 0 Å². The van der Waals surface area contributed by atoms with Gasteiger partial charge < -0.3 is 16.0 Å². The molecule has 2 rings (SSSR count). The first kappa shape index (κ1) is 13.9. The molecule has 0 spiro atoms. The first-order valence-corrected chi connectivity index (χ1v) is 6.14. The Balaban J connectivity index is 2.14. The Morgan fingerprint density at radius 1 is 1.42 bits per heavy atom. The van der Waals surface area contributed by atoms with Gasteiger partial charge in [0.1, 0.15) is 11.6 Å². The molecule has 0 radical (unpaired) electrons.